The molecule has 1 unspecified atom stereocenters. The highest BCUT2D eigenvalue weighted by molar-refractivity contribution is 6.31. The molecule has 1 heterocycles. The molecule has 0 bridgehead atoms. The average Bonchev–Trinajstić information content (AvgIpc) is 2.83. The van der Waals surface area contributed by atoms with E-state index >= 15 is 0 Å². The van der Waals surface area contributed by atoms with E-state index < -0.39 is 0 Å². The highest BCUT2D eigenvalue weighted by Gasteiger charge is 2.22. The molecule has 1 N–H and O–H groups in total. The molecule has 2 aromatic rings. The Bertz CT molecular complexity index is 561. The van der Waals surface area contributed by atoms with Crippen LogP contribution in [0, 0.1) is 6.92 Å². The van der Waals surface area contributed by atoms with E-state index in [1.165, 1.54) is 5.56 Å². The maximum Gasteiger partial charge on any atom is 0.109 e. The summed E-state index contributed by atoms with van der Waals surface area (Å²) in [7, 11) is 0. The summed E-state index contributed by atoms with van der Waals surface area (Å²) >= 11 is 6.15. The van der Waals surface area contributed by atoms with E-state index in [4.69, 9.17) is 16.0 Å². The highest BCUT2D eigenvalue weighted by Crippen LogP contribution is 2.33. The van der Waals surface area contributed by atoms with Crippen molar-refractivity contribution >= 4 is 17.3 Å². The molecule has 0 saturated heterocycles. The Morgan fingerprint density at radius 1 is 1.33 bits per heavy atom. The third kappa shape index (κ3) is 2.13. The van der Waals surface area contributed by atoms with Crippen molar-refractivity contribution < 1.29 is 4.42 Å². The third-order valence-corrected chi connectivity index (χ3v) is 3.97. The number of hydrogen-bond donors (Lipinski definition) is 1. The van der Waals surface area contributed by atoms with Crippen molar-refractivity contribution in [3.05, 3.63) is 52.4 Å². The summed E-state index contributed by atoms with van der Waals surface area (Å²) in [5, 5.41) is 4.36. The summed E-state index contributed by atoms with van der Waals surface area (Å²) < 4.78 is 5.50. The van der Waals surface area contributed by atoms with E-state index in [0.717, 1.165) is 41.3 Å². The minimum atomic E-state index is 0.339. The summed E-state index contributed by atoms with van der Waals surface area (Å²) in [4.78, 5) is 0. The number of nitrogens with one attached hydrogen (secondary N) is 1. The predicted octanol–water partition coefficient (Wildman–Crippen LogP) is 4.73. The van der Waals surface area contributed by atoms with Crippen LogP contribution in [0.4, 0.5) is 5.69 Å². The van der Waals surface area contributed by atoms with Gasteiger partial charge < -0.3 is 9.73 Å². The van der Waals surface area contributed by atoms with Crippen LogP contribution in [0.25, 0.3) is 0 Å². The van der Waals surface area contributed by atoms with Gasteiger partial charge in [-0.15, -0.1) is 0 Å². The van der Waals surface area contributed by atoms with Crippen LogP contribution in [0.3, 0.4) is 0 Å². The van der Waals surface area contributed by atoms with Crippen LogP contribution in [-0.2, 0) is 6.42 Å². The fourth-order valence-electron chi connectivity index (χ4n) is 2.52. The maximum atomic E-state index is 6.15. The van der Waals surface area contributed by atoms with Crippen molar-refractivity contribution in [2.24, 2.45) is 0 Å². The van der Waals surface area contributed by atoms with Crippen molar-refractivity contribution in [2.75, 3.05) is 5.32 Å². The van der Waals surface area contributed by atoms with E-state index in [0.29, 0.717) is 6.04 Å². The van der Waals surface area contributed by atoms with E-state index in [9.17, 15) is 0 Å². The molecule has 1 aromatic carbocycles. The first-order chi connectivity index (χ1) is 8.74. The van der Waals surface area contributed by atoms with Crippen LogP contribution in [0.5, 0.6) is 0 Å². The van der Waals surface area contributed by atoms with Gasteiger partial charge in [-0.2, -0.15) is 0 Å². The molecule has 1 aliphatic rings. The minimum Gasteiger partial charge on any atom is -0.469 e. The normalized spacial score (nSPS) is 18.4. The lowest BCUT2D eigenvalue weighted by Gasteiger charge is -2.24. The lowest BCUT2D eigenvalue weighted by Crippen LogP contribution is -2.15. The monoisotopic (exact) mass is 261 g/mol. The molecule has 0 aliphatic heterocycles. The molecular formula is C15H16ClNO. The highest BCUT2D eigenvalue weighted by atomic mass is 35.5. The number of halogens is 1. The van der Waals surface area contributed by atoms with Gasteiger partial charge in [-0.3, -0.25) is 0 Å². The van der Waals surface area contributed by atoms with Gasteiger partial charge in [-0.25, -0.2) is 0 Å². The standard InChI is InChI=1S/C15H16ClNO/c1-10-5-6-11(9-13(10)16)17-14-3-2-4-15-12(14)7-8-18-15/h5-9,14,17H,2-4H2,1H3. The Kier molecular flexibility index (Phi) is 3.04. The zero-order chi connectivity index (χ0) is 12.5. The molecule has 0 amide bonds. The maximum absolute atomic E-state index is 6.15. The number of rotatable bonds is 2. The van der Waals surface area contributed by atoms with Gasteiger partial charge in [0, 0.05) is 22.7 Å². The van der Waals surface area contributed by atoms with Gasteiger partial charge >= 0.3 is 0 Å². The van der Waals surface area contributed by atoms with Crippen LogP contribution in [-0.4, -0.2) is 0 Å². The molecule has 1 atom stereocenters. The zero-order valence-corrected chi connectivity index (χ0v) is 11.1. The van der Waals surface area contributed by atoms with Crippen molar-refractivity contribution in [1.29, 1.82) is 0 Å². The lowest BCUT2D eigenvalue weighted by molar-refractivity contribution is 0.461. The molecule has 1 aromatic heterocycles. The van der Waals surface area contributed by atoms with Crippen molar-refractivity contribution in [3.63, 3.8) is 0 Å². The number of anilines is 1. The summed E-state index contributed by atoms with van der Waals surface area (Å²) in [6.45, 7) is 2.01. The van der Waals surface area contributed by atoms with Crippen LogP contribution in [0.15, 0.2) is 34.9 Å². The minimum absolute atomic E-state index is 0.339. The smallest absolute Gasteiger partial charge is 0.109 e. The quantitative estimate of drug-likeness (QED) is 0.845. The number of benzene rings is 1. The molecule has 3 heteroatoms. The van der Waals surface area contributed by atoms with E-state index in [2.05, 4.69) is 17.4 Å². The van der Waals surface area contributed by atoms with Gasteiger partial charge in [-0.1, -0.05) is 17.7 Å². The fraction of sp³-hybridized carbons (Fsp3) is 0.333. The van der Waals surface area contributed by atoms with Gasteiger partial charge in [-0.05, 0) is 43.5 Å². The van der Waals surface area contributed by atoms with Crippen molar-refractivity contribution in [1.82, 2.24) is 0 Å². The molecule has 18 heavy (non-hydrogen) atoms. The Labute approximate surface area is 112 Å². The summed E-state index contributed by atoms with van der Waals surface area (Å²) in [6, 6.07) is 8.53. The molecule has 0 fully saturated rings. The zero-order valence-electron chi connectivity index (χ0n) is 10.4. The molecule has 94 valence electrons. The summed E-state index contributed by atoms with van der Waals surface area (Å²) in [5.74, 6) is 1.12. The van der Waals surface area contributed by atoms with Crippen LogP contribution in [0.1, 0.15) is 35.8 Å². The third-order valence-electron chi connectivity index (χ3n) is 3.56. The van der Waals surface area contributed by atoms with Gasteiger partial charge in [0.25, 0.3) is 0 Å². The molecule has 0 radical (unpaired) electrons. The van der Waals surface area contributed by atoms with Crippen molar-refractivity contribution in [3.8, 4) is 0 Å². The van der Waals surface area contributed by atoms with E-state index in [-0.39, 0.29) is 0 Å². The summed E-state index contributed by atoms with van der Waals surface area (Å²) in [6.07, 6.45) is 5.14. The second-order valence-electron chi connectivity index (χ2n) is 4.85. The Morgan fingerprint density at radius 2 is 2.22 bits per heavy atom. The first-order valence-corrected chi connectivity index (χ1v) is 6.71. The van der Waals surface area contributed by atoms with Crippen LogP contribution in [0.2, 0.25) is 5.02 Å². The Balaban J connectivity index is 1.84. The lowest BCUT2D eigenvalue weighted by atomic mass is 9.93. The average molecular weight is 262 g/mol. The fourth-order valence-corrected chi connectivity index (χ4v) is 2.70. The predicted molar refractivity (Wildman–Crippen MR) is 74.2 cm³/mol. The van der Waals surface area contributed by atoms with E-state index in [1.807, 2.05) is 19.1 Å². The first-order valence-electron chi connectivity index (χ1n) is 6.33. The molecule has 0 saturated carbocycles. The van der Waals surface area contributed by atoms with Crippen LogP contribution >= 0.6 is 11.6 Å². The Hall–Kier alpha value is -1.41. The largest absolute Gasteiger partial charge is 0.469 e. The first kappa shape index (κ1) is 11.7. The van der Waals surface area contributed by atoms with Crippen molar-refractivity contribution in [2.45, 2.75) is 32.2 Å². The molecule has 1 aliphatic carbocycles. The number of aryl methyl sites for hydroxylation is 2. The molecule has 2 nitrogen and oxygen atoms in total. The number of hydrogen-bond acceptors (Lipinski definition) is 2. The second-order valence-corrected chi connectivity index (χ2v) is 5.26. The van der Waals surface area contributed by atoms with E-state index in [1.54, 1.807) is 6.26 Å². The Morgan fingerprint density at radius 3 is 3.06 bits per heavy atom. The van der Waals surface area contributed by atoms with Gasteiger partial charge in [0.2, 0.25) is 0 Å². The van der Waals surface area contributed by atoms with Gasteiger partial charge in [0.05, 0.1) is 12.3 Å². The number of furan rings is 1. The molecule has 3 rings (SSSR count). The van der Waals surface area contributed by atoms with Gasteiger partial charge in [0.1, 0.15) is 5.76 Å². The number of fused-ring (bicyclic) bond motifs is 1. The molecule has 0 spiro atoms. The second kappa shape index (κ2) is 4.69. The topological polar surface area (TPSA) is 25.2 Å². The summed E-state index contributed by atoms with van der Waals surface area (Å²) in [5.41, 5.74) is 3.47. The SMILES string of the molecule is Cc1ccc(NC2CCCc3occc32)cc1Cl. The molecular weight excluding hydrogens is 246 g/mol. The van der Waals surface area contributed by atoms with Crippen LogP contribution < -0.4 is 5.32 Å². The van der Waals surface area contributed by atoms with Gasteiger partial charge in [0.15, 0.2) is 0 Å².